The van der Waals surface area contributed by atoms with Crippen molar-refractivity contribution in [2.45, 2.75) is 64.8 Å². The van der Waals surface area contributed by atoms with Crippen molar-refractivity contribution in [1.29, 1.82) is 0 Å². The van der Waals surface area contributed by atoms with Gasteiger partial charge in [0.1, 0.15) is 0 Å². The Balaban J connectivity index is 2.67. The van der Waals surface area contributed by atoms with Crippen molar-refractivity contribution in [2.24, 2.45) is 5.73 Å². The molecule has 3 N–H and O–H groups in total. The summed E-state index contributed by atoms with van der Waals surface area (Å²) in [5, 5.41) is 9.06. The van der Waals surface area contributed by atoms with Crippen molar-refractivity contribution in [3.05, 3.63) is 22.5 Å². The molecule has 1 aromatic rings. The van der Waals surface area contributed by atoms with E-state index in [1.54, 1.807) is 0 Å². The van der Waals surface area contributed by atoms with Crippen LogP contribution in [0.5, 0.6) is 0 Å². The third-order valence-electron chi connectivity index (χ3n) is 4.89. The lowest BCUT2D eigenvalue weighted by atomic mass is 9.79. The minimum Gasteiger partial charge on any atom is -0.396 e. The largest absolute Gasteiger partial charge is 0.396 e. The predicted octanol–water partition coefficient (Wildman–Crippen LogP) is 1.91. The highest BCUT2D eigenvalue weighted by Gasteiger charge is 2.51. The van der Waals surface area contributed by atoms with E-state index in [1.807, 2.05) is 6.92 Å². The first kappa shape index (κ1) is 15.1. The fourth-order valence-electron chi connectivity index (χ4n) is 4.22. The van der Waals surface area contributed by atoms with Crippen LogP contribution in [-0.2, 0) is 22.2 Å². The van der Waals surface area contributed by atoms with E-state index in [0.717, 1.165) is 30.6 Å². The zero-order valence-corrected chi connectivity index (χ0v) is 13.2. The number of rotatable bonds is 4. The van der Waals surface area contributed by atoms with Crippen molar-refractivity contribution < 1.29 is 9.90 Å². The summed E-state index contributed by atoms with van der Waals surface area (Å²) in [4.78, 5) is 12.0. The fourth-order valence-corrected chi connectivity index (χ4v) is 4.22. The predicted molar refractivity (Wildman–Crippen MR) is 79.8 cm³/mol. The molecule has 0 bridgehead atoms. The molecular weight excluding hydrogens is 252 g/mol. The van der Waals surface area contributed by atoms with E-state index in [-0.39, 0.29) is 17.9 Å². The number of nitrogens with zero attached hydrogens (tertiary/aromatic N) is 1. The van der Waals surface area contributed by atoms with Crippen LogP contribution in [-0.4, -0.2) is 22.2 Å². The highest BCUT2D eigenvalue weighted by molar-refractivity contribution is 5.89. The molecule has 0 saturated heterocycles. The third-order valence-corrected chi connectivity index (χ3v) is 4.89. The van der Waals surface area contributed by atoms with Crippen molar-refractivity contribution in [3.8, 4) is 0 Å². The molecule has 0 fully saturated rings. The molecule has 0 radical (unpaired) electrons. The van der Waals surface area contributed by atoms with Gasteiger partial charge in [-0.15, -0.1) is 0 Å². The molecule has 4 nitrogen and oxygen atoms in total. The van der Waals surface area contributed by atoms with Gasteiger partial charge in [0.25, 0.3) is 0 Å². The Bertz CT molecular complexity index is 557. The van der Waals surface area contributed by atoms with Crippen LogP contribution >= 0.6 is 0 Å². The number of hydrogen-bond donors (Lipinski definition) is 2. The van der Waals surface area contributed by atoms with Gasteiger partial charge in [0.05, 0.1) is 5.41 Å². The average Bonchev–Trinajstić information content (AvgIpc) is 2.71. The molecule has 2 rings (SSSR count). The summed E-state index contributed by atoms with van der Waals surface area (Å²) in [7, 11) is 0. The number of hydrogen-bond acceptors (Lipinski definition) is 2. The Hall–Kier alpha value is -1.29. The highest BCUT2D eigenvalue weighted by atomic mass is 16.3. The molecule has 1 unspecified atom stereocenters. The van der Waals surface area contributed by atoms with Crippen molar-refractivity contribution in [1.82, 2.24) is 4.57 Å². The number of nitrogens with two attached hydrogens (primary N) is 1. The normalized spacial score (nSPS) is 23.9. The number of carbonyl (C=O) groups is 1. The zero-order valence-electron chi connectivity index (χ0n) is 13.2. The van der Waals surface area contributed by atoms with Gasteiger partial charge in [0.2, 0.25) is 5.91 Å². The molecule has 1 aliphatic rings. The Morgan fingerprint density at radius 3 is 2.30 bits per heavy atom. The minimum absolute atomic E-state index is 0.0432. The number of aliphatic hydroxyl groups excluding tert-OH is 1. The molecule has 0 saturated carbocycles. The fraction of sp³-hybridized carbons (Fsp3) is 0.688. The van der Waals surface area contributed by atoms with Crippen LogP contribution in [0, 0.1) is 13.8 Å². The van der Waals surface area contributed by atoms with E-state index in [0.29, 0.717) is 0 Å². The van der Waals surface area contributed by atoms with Crippen molar-refractivity contribution in [2.75, 3.05) is 6.61 Å². The first-order valence-corrected chi connectivity index (χ1v) is 7.28. The van der Waals surface area contributed by atoms with E-state index in [2.05, 4.69) is 32.3 Å². The molecule has 0 aromatic carbocycles. The Kier molecular flexibility index (Phi) is 3.49. The second-order valence-electron chi connectivity index (χ2n) is 6.91. The van der Waals surface area contributed by atoms with Crippen LogP contribution < -0.4 is 5.73 Å². The van der Waals surface area contributed by atoms with E-state index in [1.165, 1.54) is 11.3 Å². The number of amides is 1. The molecule has 4 heteroatoms. The quantitative estimate of drug-likeness (QED) is 0.883. The van der Waals surface area contributed by atoms with Gasteiger partial charge >= 0.3 is 0 Å². The maximum Gasteiger partial charge on any atom is 0.227 e. The summed E-state index contributed by atoms with van der Waals surface area (Å²) < 4.78 is 2.23. The summed E-state index contributed by atoms with van der Waals surface area (Å²) in [6, 6.07) is 0. The SMILES string of the molecule is Cc1c2c(c(C)n1CCCO)C(C)(C(N)=O)CC2(C)C. The Morgan fingerprint density at radius 1 is 1.25 bits per heavy atom. The Labute approximate surface area is 121 Å². The summed E-state index contributed by atoms with van der Waals surface area (Å²) in [5.41, 5.74) is 9.80. The van der Waals surface area contributed by atoms with E-state index < -0.39 is 5.41 Å². The molecule has 0 spiro atoms. The lowest BCUT2D eigenvalue weighted by Gasteiger charge is -2.27. The lowest BCUT2D eigenvalue weighted by Crippen LogP contribution is -2.38. The third kappa shape index (κ3) is 1.89. The summed E-state index contributed by atoms with van der Waals surface area (Å²) in [6.45, 7) is 11.5. The first-order chi connectivity index (χ1) is 9.16. The molecule has 1 heterocycles. The molecule has 1 atom stereocenters. The second kappa shape index (κ2) is 4.62. The topological polar surface area (TPSA) is 68.2 Å². The smallest absolute Gasteiger partial charge is 0.227 e. The van der Waals surface area contributed by atoms with Crippen molar-refractivity contribution >= 4 is 5.91 Å². The van der Waals surface area contributed by atoms with Gasteiger partial charge in [-0.25, -0.2) is 0 Å². The van der Waals surface area contributed by atoms with E-state index in [9.17, 15) is 4.79 Å². The number of aromatic nitrogens is 1. The molecular formula is C16H26N2O2. The first-order valence-electron chi connectivity index (χ1n) is 7.28. The molecule has 1 aromatic heterocycles. The minimum atomic E-state index is -0.585. The number of fused-ring (bicyclic) bond motifs is 1. The highest BCUT2D eigenvalue weighted by Crippen LogP contribution is 2.52. The number of aliphatic hydroxyl groups is 1. The molecule has 1 amide bonds. The summed E-state index contributed by atoms with van der Waals surface area (Å²) in [6.07, 6.45) is 1.49. The van der Waals surface area contributed by atoms with Crippen LogP contribution in [0.1, 0.15) is 56.1 Å². The summed E-state index contributed by atoms with van der Waals surface area (Å²) in [5.74, 6) is -0.244. The van der Waals surface area contributed by atoms with Gasteiger partial charge < -0.3 is 15.4 Å². The molecule has 20 heavy (non-hydrogen) atoms. The summed E-state index contributed by atoms with van der Waals surface area (Å²) >= 11 is 0. The number of primary amides is 1. The van der Waals surface area contributed by atoms with E-state index in [4.69, 9.17) is 10.8 Å². The van der Waals surface area contributed by atoms with Crippen LogP contribution in [0.2, 0.25) is 0 Å². The maximum atomic E-state index is 12.0. The molecule has 0 aliphatic heterocycles. The monoisotopic (exact) mass is 278 g/mol. The van der Waals surface area contributed by atoms with Crippen LogP contribution in [0.4, 0.5) is 0 Å². The van der Waals surface area contributed by atoms with Gasteiger partial charge in [0.15, 0.2) is 0 Å². The van der Waals surface area contributed by atoms with Crippen LogP contribution in [0.25, 0.3) is 0 Å². The zero-order chi connectivity index (χ0) is 15.3. The standard InChI is InChI=1S/C16H26N2O2/c1-10-12-13(11(2)18(10)7-6-8-19)16(5,14(17)20)9-15(12,3)4/h19H,6-9H2,1-5H3,(H2,17,20). The van der Waals surface area contributed by atoms with Gasteiger partial charge in [-0.2, -0.15) is 0 Å². The maximum absolute atomic E-state index is 12.0. The number of carbonyl (C=O) groups excluding carboxylic acids is 1. The molecule has 112 valence electrons. The van der Waals surface area contributed by atoms with Gasteiger partial charge in [-0.3, -0.25) is 4.79 Å². The van der Waals surface area contributed by atoms with Crippen LogP contribution in [0.3, 0.4) is 0 Å². The average molecular weight is 278 g/mol. The van der Waals surface area contributed by atoms with E-state index >= 15 is 0 Å². The van der Waals surface area contributed by atoms with Gasteiger partial charge in [-0.05, 0) is 50.2 Å². The Morgan fingerprint density at radius 2 is 1.80 bits per heavy atom. The van der Waals surface area contributed by atoms with Crippen LogP contribution in [0.15, 0.2) is 0 Å². The lowest BCUT2D eigenvalue weighted by molar-refractivity contribution is -0.123. The van der Waals surface area contributed by atoms with Gasteiger partial charge in [0, 0.05) is 24.5 Å². The second-order valence-corrected chi connectivity index (χ2v) is 6.91. The van der Waals surface area contributed by atoms with Gasteiger partial charge in [-0.1, -0.05) is 13.8 Å². The van der Waals surface area contributed by atoms with Crippen molar-refractivity contribution in [3.63, 3.8) is 0 Å². The molecule has 1 aliphatic carbocycles.